The normalized spacial score (nSPS) is 10.8. The number of hydrogen-bond donors (Lipinski definition) is 2. The summed E-state index contributed by atoms with van der Waals surface area (Å²) in [6, 6.07) is 4.12. The highest BCUT2D eigenvalue weighted by molar-refractivity contribution is 5.90. The van der Waals surface area contributed by atoms with E-state index in [-0.39, 0.29) is 0 Å². The molecule has 3 heteroatoms. The highest BCUT2D eigenvalue weighted by Gasteiger charge is 2.08. The SMILES string of the molecule is COc1cc(C)cc2[nH]cc(CN)c12. The molecule has 0 aliphatic rings. The van der Waals surface area contributed by atoms with Crippen LogP contribution in [-0.2, 0) is 6.54 Å². The van der Waals surface area contributed by atoms with Crippen molar-refractivity contribution in [2.24, 2.45) is 5.73 Å². The summed E-state index contributed by atoms with van der Waals surface area (Å²) in [5.41, 5.74) is 9.01. The summed E-state index contributed by atoms with van der Waals surface area (Å²) in [4.78, 5) is 3.19. The third-order valence-electron chi connectivity index (χ3n) is 2.41. The predicted molar refractivity (Wildman–Crippen MR) is 57.5 cm³/mol. The summed E-state index contributed by atoms with van der Waals surface area (Å²) >= 11 is 0. The molecule has 1 heterocycles. The number of H-pyrrole nitrogens is 1. The fourth-order valence-corrected chi connectivity index (χ4v) is 1.76. The fourth-order valence-electron chi connectivity index (χ4n) is 1.76. The van der Waals surface area contributed by atoms with Crippen LogP contribution in [0.4, 0.5) is 0 Å². The monoisotopic (exact) mass is 190 g/mol. The van der Waals surface area contributed by atoms with E-state index < -0.39 is 0 Å². The first kappa shape index (κ1) is 9.09. The molecule has 1 aromatic heterocycles. The van der Waals surface area contributed by atoms with Gasteiger partial charge in [-0.1, -0.05) is 0 Å². The third-order valence-corrected chi connectivity index (χ3v) is 2.41. The second kappa shape index (κ2) is 3.35. The molecule has 3 nitrogen and oxygen atoms in total. The Hall–Kier alpha value is -1.48. The first-order valence-electron chi connectivity index (χ1n) is 4.61. The van der Waals surface area contributed by atoms with Crippen molar-refractivity contribution in [1.82, 2.24) is 4.98 Å². The van der Waals surface area contributed by atoms with Crippen molar-refractivity contribution in [2.75, 3.05) is 7.11 Å². The number of methoxy groups -OCH3 is 1. The highest BCUT2D eigenvalue weighted by Crippen LogP contribution is 2.29. The molecule has 0 fully saturated rings. The molecule has 0 radical (unpaired) electrons. The smallest absolute Gasteiger partial charge is 0.128 e. The highest BCUT2D eigenvalue weighted by atomic mass is 16.5. The Morgan fingerprint density at radius 3 is 2.86 bits per heavy atom. The lowest BCUT2D eigenvalue weighted by molar-refractivity contribution is 0.419. The van der Waals surface area contributed by atoms with Gasteiger partial charge in [0.2, 0.25) is 0 Å². The molecule has 0 spiro atoms. The molecule has 74 valence electrons. The average Bonchev–Trinajstić information content (AvgIpc) is 2.59. The van der Waals surface area contributed by atoms with Crippen LogP contribution in [0.5, 0.6) is 5.75 Å². The van der Waals surface area contributed by atoms with E-state index in [0.29, 0.717) is 6.54 Å². The zero-order valence-electron chi connectivity index (χ0n) is 8.42. The molecule has 0 atom stereocenters. The van der Waals surface area contributed by atoms with Gasteiger partial charge in [0.15, 0.2) is 0 Å². The standard InChI is InChI=1S/C11H14N2O/c1-7-3-9-11(10(4-7)14-2)8(5-12)6-13-9/h3-4,6,13H,5,12H2,1-2H3. The van der Waals surface area contributed by atoms with Gasteiger partial charge in [0, 0.05) is 23.6 Å². The third kappa shape index (κ3) is 1.26. The summed E-state index contributed by atoms with van der Waals surface area (Å²) in [6.45, 7) is 2.57. The van der Waals surface area contributed by atoms with Crippen molar-refractivity contribution in [3.8, 4) is 5.75 Å². The fraction of sp³-hybridized carbons (Fsp3) is 0.273. The van der Waals surface area contributed by atoms with Crippen molar-refractivity contribution in [3.63, 3.8) is 0 Å². The van der Waals surface area contributed by atoms with Crippen molar-refractivity contribution in [1.29, 1.82) is 0 Å². The number of benzene rings is 1. The van der Waals surface area contributed by atoms with E-state index in [1.54, 1.807) is 7.11 Å². The van der Waals surface area contributed by atoms with Crippen molar-refractivity contribution < 1.29 is 4.74 Å². The van der Waals surface area contributed by atoms with Crippen LogP contribution in [0.2, 0.25) is 0 Å². The molecular formula is C11H14N2O. The van der Waals surface area contributed by atoms with Crippen LogP contribution in [-0.4, -0.2) is 12.1 Å². The summed E-state index contributed by atoms with van der Waals surface area (Å²) in [5.74, 6) is 0.890. The van der Waals surface area contributed by atoms with Crippen molar-refractivity contribution >= 4 is 10.9 Å². The van der Waals surface area contributed by atoms with E-state index in [9.17, 15) is 0 Å². The molecule has 0 aliphatic heterocycles. The number of nitrogens with two attached hydrogens (primary N) is 1. The number of aromatic nitrogens is 1. The Labute approximate surface area is 82.9 Å². The number of aromatic amines is 1. The number of aryl methyl sites for hydroxylation is 1. The number of fused-ring (bicyclic) bond motifs is 1. The van der Waals surface area contributed by atoms with E-state index in [1.165, 1.54) is 5.56 Å². The van der Waals surface area contributed by atoms with Gasteiger partial charge in [-0.2, -0.15) is 0 Å². The molecule has 0 aliphatic carbocycles. The molecule has 0 bridgehead atoms. The molecule has 0 saturated heterocycles. The van der Waals surface area contributed by atoms with E-state index in [2.05, 4.69) is 11.1 Å². The Morgan fingerprint density at radius 1 is 1.43 bits per heavy atom. The summed E-state index contributed by atoms with van der Waals surface area (Å²) < 4.78 is 5.33. The molecular weight excluding hydrogens is 176 g/mol. The minimum Gasteiger partial charge on any atom is -0.496 e. The Balaban J connectivity index is 2.78. The molecule has 2 aromatic rings. The van der Waals surface area contributed by atoms with Crippen LogP contribution in [0.3, 0.4) is 0 Å². The van der Waals surface area contributed by atoms with Crippen LogP contribution >= 0.6 is 0 Å². The molecule has 0 saturated carbocycles. The molecule has 2 rings (SSSR count). The van der Waals surface area contributed by atoms with Crippen molar-refractivity contribution in [2.45, 2.75) is 13.5 Å². The van der Waals surface area contributed by atoms with E-state index in [0.717, 1.165) is 22.2 Å². The van der Waals surface area contributed by atoms with Crippen LogP contribution in [0, 0.1) is 6.92 Å². The lowest BCUT2D eigenvalue weighted by Crippen LogP contribution is -1.95. The maximum Gasteiger partial charge on any atom is 0.128 e. The minimum absolute atomic E-state index is 0.527. The molecule has 3 N–H and O–H groups in total. The largest absolute Gasteiger partial charge is 0.496 e. The van der Waals surface area contributed by atoms with Crippen LogP contribution in [0.25, 0.3) is 10.9 Å². The van der Waals surface area contributed by atoms with Gasteiger partial charge < -0.3 is 15.5 Å². The van der Waals surface area contributed by atoms with Crippen molar-refractivity contribution in [3.05, 3.63) is 29.5 Å². The first-order valence-corrected chi connectivity index (χ1v) is 4.61. The van der Waals surface area contributed by atoms with Gasteiger partial charge in [-0.3, -0.25) is 0 Å². The molecule has 0 unspecified atom stereocenters. The summed E-state index contributed by atoms with van der Waals surface area (Å²) in [6.07, 6.45) is 1.94. The van der Waals surface area contributed by atoms with Gasteiger partial charge in [-0.05, 0) is 30.2 Å². The lowest BCUT2D eigenvalue weighted by atomic mass is 10.1. The Bertz CT molecular complexity index is 460. The second-order valence-electron chi connectivity index (χ2n) is 3.41. The average molecular weight is 190 g/mol. The zero-order chi connectivity index (χ0) is 10.1. The second-order valence-corrected chi connectivity index (χ2v) is 3.41. The summed E-state index contributed by atoms with van der Waals surface area (Å²) in [7, 11) is 1.68. The van der Waals surface area contributed by atoms with Gasteiger partial charge in [0.25, 0.3) is 0 Å². The van der Waals surface area contributed by atoms with Crippen LogP contribution in [0.1, 0.15) is 11.1 Å². The van der Waals surface area contributed by atoms with Gasteiger partial charge >= 0.3 is 0 Å². The molecule has 14 heavy (non-hydrogen) atoms. The van der Waals surface area contributed by atoms with Crippen LogP contribution < -0.4 is 10.5 Å². The van der Waals surface area contributed by atoms with Crippen LogP contribution in [0.15, 0.2) is 18.3 Å². The topological polar surface area (TPSA) is 51.0 Å². The predicted octanol–water partition coefficient (Wildman–Crippen LogP) is 1.94. The quantitative estimate of drug-likeness (QED) is 0.760. The van der Waals surface area contributed by atoms with Gasteiger partial charge in [-0.25, -0.2) is 0 Å². The Kier molecular flexibility index (Phi) is 2.17. The number of hydrogen-bond acceptors (Lipinski definition) is 2. The zero-order valence-corrected chi connectivity index (χ0v) is 8.42. The number of ether oxygens (including phenoxy) is 1. The van der Waals surface area contributed by atoms with Gasteiger partial charge in [0.1, 0.15) is 5.75 Å². The molecule has 1 aromatic carbocycles. The van der Waals surface area contributed by atoms with E-state index >= 15 is 0 Å². The first-order chi connectivity index (χ1) is 6.76. The lowest BCUT2D eigenvalue weighted by Gasteiger charge is -2.05. The maximum absolute atomic E-state index is 5.65. The minimum atomic E-state index is 0.527. The van der Waals surface area contributed by atoms with E-state index in [4.69, 9.17) is 10.5 Å². The number of rotatable bonds is 2. The summed E-state index contributed by atoms with van der Waals surface area (Å²) in [5, 5.41) is 1.10. The maximum atomic E-state index is 5.65. The number of nitrogens with one attached hydrogen (secondary N) is 1. The van der Waals surface area contributed by atoms with E-state index in [1.807, 2.05) is 19.2 Å². The van der Waals surface area contributed by atoms with Gasteiger partial charge in [-0.15, -0.1) is 0 Å². The molecule has 0 amide bonds. The van der Waals surface area contributed by atoms with Gasteiger partial charge in [0.05, 0.1) is 7.11 Å². The Morgan fingerprint density at radius 2 is 2.21 bits per heavy atom.